The van der Waals surface area contributed by atoms with Crippen LogP contribution in [0, 0.1) is 0 Å². The molecule has 0 aromatic heterocycles. The van der Waals surface area contributed by atoms with Gasteiger partial charge in [-0.2, -0.15) is 0 Å². The van der Waals surface area contributed by atoms with Gasteiger partial charge in [0.2, 0.25) is 0 Å². The monoisotopic (exact) mass is 245 g/mol. The number of carbonyl (C=O) groups excluding carboxylic acids is 1. The Kier molecular flexibility index (Phi) is 4.94. The molecule has 0 heterocycles. The normalized spacial score (nSPS) is 15.0. The first kappa shape index (κ1) is 13.3. The van der Waals surface area contributed by atoms with Crippen molar-refractivity contribution in [2.24, 2.45) is 0 Å². The summed E-state index contributed by atoms with van der Waals surface area (Å²) in [5.74, 6) is 0.280. The largest absolute Gasteiger partial charge is 0.300 e. The molecule has 1 fully saturated rings. The Morgan fingerprint density at radius 2 is 1.94 bits per heavy atom. The maximum Gasteiger partial charge on any atom is 0.162 e. The molecule has 0 radical (unpaired) electrons. The molecule has 0 amide bonds. The van der Waals surface area contributed by atoms with Gasteiger partial charge in [-0.1, -0.05) is 37.3 Å². The van der Waals surface area contributed by atoms with Gasteiger partial charge in [-0.3, -0.25) is 4.79 Å². The van der Waals surface area contributed by atoms with Crippen molar-refractivity contribution in [1.82, 2.24) is 4.90 Å². The van der Waals surface area contributed by atoms with Crippen LogP contribution in [-0.4, -0.2) is 29.8 Å². The smallest absolute Gasteiger partial charge is 0.162 e. The van der Waals surface area contributed by atoms with Crippen LogP contribution in [0.4, 0.5) is 0 Å². The van der Waals surface area contributed by atoms with E-state index in [9.17, 15) is 4.79 Å². The molecule has 0 N–H and O–H groups in total. The molecule has 0 spiro atoms. The molecule has 1 aromatic carbocycles. The molecule has 0 atom stereocenters. The molecule has 98 valence electrons. The number of hydrogen-bond acceptors (Lipinski definition) is 2. The summed E-state index contributed by atoms with van der Waals surface area (Å²) < 4.78 is 0. The van der Waals surface area contributed by atoms with Gasteiger partial charge in [0, 0.05) is 18.0 Å². The number of hydrogen-bond donors (Lipinski definition) is 0. The molecule has 18 heavy (non-hydrogen) atoms. The van der Waals surface area contributed by atoms with Gasteiger partial charge in [0.15, 0.2) is 5.78 Å². The van der Waals surface area contributed by atoms with Crippen LogP contribution >= 0.6 is 0 Å². The third-order valence-electron chi connectivity index (χ3n) is 3.52. The van der Waals surface area contributed by atoms with Crippen LogP contribution in [0.15, 0.2) is 30.3 Å². The molecule has 1 aromatic rings. The first-order chi connectivity index (χ1) is 8.81. The minimum Gasteiger partial charge on any atom is -0.300 e. The Morgan fingerprint density at radius 3 is 2.56 bits per heavy atom. The van der Waals surface area contributed by atoms with Crippen molar-refractivity contribution in [3.8, 4) is 0 Å². The summed E-state index contributed by atoms with van der Waals surface area (Å²) in [4.78, 5) is 14.5. The van der Waals surface area contributed by atoms with Gasteiger partial charge in [-0.25, -0.2) is 0 Å². The van der Waals surface area contributed by atoms with E-state index in [0.29, 0.717) is 6.42 Å². The molecule has 2 heteroatoms. The molecular weight excluding hydrogens is 222 g/mol. The predicted molar refractivity (Wildman–Crippen MR) is 74.9 cm³/mol. The van der Waals surface area contributed by atoms with E-state index in [1.54, 1.807) is 0 Å². The van der Waals surface area contributed by atoms with Gasteiger partial charge in [-0.05, 0) is 38.8 Å². The van der Waals surface area contributed by atoms with Crippen LogP contribution in [0.5, 0.6) is 0 Å². The average Bonchev–Trinajstić information content (AvgIpc) is 3.23. The lowest BCUT2D eigenvalue weighted by Gasteiger charge is -2.20. The number of rotatable bonds is 8. The first-order valence-electron chi connectivity index (χ1n) is 7.13. The van der Waals surface area contributed by atoms with Gasteiger partial charge in [0.05, 0.1) is 0 Å². The fourth-order valence-corrected chi connectivity index (χ4v) is 2.41. The van der Waals surface area contributed by atoms with Crippen molar-refractivity contribution < 1.29 is 4.79 Å². The number of ketones is 1. The molecule has 0 saturated heterocycles. The molecule has 1 saturated carbocycles. The summed E-state index contributed by atoms with van der Waals surface area (Å²) in [6, 6.07) is 10.4. The first-order valence-corrected chi connectivity index (χ1v) is 7.13. The standard InChI is InChI=1S/C16H23NO/c1-2-12-17(15-10-11-15)13-6-9-16(18)14-7-4-3-5-8-14/h3-5,7-8,15H,2,6,9-13H2,1H3. The SMILES string of the molecule is CCCN(CCCC(=O)c1ccccc1)C1CC1. The number of carbonyl (C=O) groups is 1. The summed E-state index contributed by atoms with van der Waals surface area (Å²) in [5.41, 5.74) is 0.853. The second-order valence-electron chi connectivity index (χ2n) is 5.16. The van der Waals surface area contributed by atoms with Crippen molar-refractivity contribution in [2.75, 3.05) is 13.1 Å². The zero-order valence-corrected chi connectivity index (χ0v) is 11.3. The molecule has 2 rings (SSSR count). The third-order valence-corrected chi connectivity index (χ3v) is 3.52. The van der Waals surface area contributed by atoms with Crippen molar-refractivity contribution in [1.29, 1.82) is 0 Å². The Balaban J connectivity index is 1.72. The van der Waals surface area contributed by atoms with E-state index in [-0.39, 0.29) is 5.78 Å². The molecule has 0 aliphatic heterocycles. The quantitative estimate of drug-likeness (QED) is 0.653. The summed E-state index contributed by atoms with van der Waals surface area (Å²) in [5, 5.41) is 0. The Labute approximate surface area is 110 Å². The summed E-state index contributed by atoms with van der Waals surface area (Å²) >= 11 is 0. The minimum atomic E-state index is 0.280. The summed E-state index contributed by atoms with van der Waals surface area (Å²) in [7, 11) is 0. The van der Waals surface area contributed by atoms with Crippen LogP contribution in [0.2, 0.25) is 0 Å². The van der Waals surface area contributed by atoms with Gasteiger partial charge >= 0.3 is 0 Å². The average molecular weight is 245 g/mol. The third kappa shape index (κ3) is 3.95. The van der Waals surface area contributed by atoms with Crippen LogP contribution in [0.1, 0.15) is 49.4 Å². The zero-order valence-electron chi connectivity index (χ0n) is 11.3. The Morgan fingerprint density at radius 1 is 1.22 bits per heavy atom. The maximum absolute atomic E-state index is 12.0. The van der Waals surface area contributed by atoms with Crippen molar-refractivity contribution >= 4 is 5.78 Å². The molecule has 0 bridgehead atoms. The maximum atomic E-state index is 12.0. The lowest BCUT2D eigenvalue weighted by atomic mass is 10.1. The zero-order chi connectivity index (χ0) is 12.8. The Bertz CT molecular complexity index is 370. The summed E-state index contributed by atoms with van der Waals surface area (Å²) in [6.07, 6.45) is 5.59. The van der Waals surface area contributed by atoms with E-state index in [1.165, 1.54) is 25.8 Å². The number of Topliss-reactive ketones (excluding diaryl/α,β-unsaturated/α-hetero) is 1. The number of benzene rings is 1. The fourth-order valence-electron chi connectivity index (χ4n) is 2.41. The highest BCUT2D eigenvalue weighted by Crippen LogP contribution is 2.27. The molecule has 0 unspecified atom stereocenters. The van der Waals surface area contributed by atoms with E-state index in [2.05, 4.69) is 11.8 Å². The van der Waals surface area contributed by atoms with Crippen LogP contribution in [-0.2, 0) is 0 Å². The van der Waals surface area contributed by atoms with E-state index in [4.69, 9.17) is 0 Å². The van der Waals surface area contributed by atoms with Crippen molar-refractivity contribution in [2.45, 2.75) is 45.1 Å². The topological polar surface area (TPSA) is 20.3 Å². The molecular formula is C16H23NO. The highest BCUT2D eigenvalue weighted by Gasteiger charge is 2.27. The lowest BCUT2D eigenvalue weighted by Crippen LogP contribution is -2.28. The number of nitrogens with zero attached hydrogens (tertiary/aromatic N) is 1. The van der Waals surface area contributed by atoms with E-state index >= 15 is 0 Å². The second kappa shape index (κ2) is 6.69. The van der Waals surface area contributed by atoms with Crippen molar-refractivity contribution in [3.63, 3.8) is 0 Å². The predicted octanol–water partition coefficient (Wildman–Crippen LogP) is 3.52. The van der Waals surface area contributed by atoms with Crippen LogP contribution in [0.3, 0.4) is 0 Å². The van der Waals surface area contributed by atoms with E-state index in [1.807, 2.05) is 30.3 Å². The van der Waals surface area contributed by atoms with E-state index < -0.39 is 0 Å². The highest BCUT2D eigenvalue weighted by molar-refractivity contribution is 5.95. The summed E-state index contributed by atoms with van der Waals surface area (Å²) in [6.45, 7) is 4.49. The molecule has 1 aliphatic carbocycles. The minimum absolute atomic E-state index is 0.280. The van der Waals surface area contributed by atoms with E-state index in [0.717, 1.165) is 24.6 Å². The van der Waals surface area contributed by atoms with Gasteiger partial charge in [-0.15, -0.1) is 0 Å². The molecule has 1 aliphatic rings. The van der Waals surface area contributed by atoms with Gasteiger partial charge < -0.3 is 4.90 Å². The van der Waals surface area contributed by atoms with Crippen LogP contribution in [0.25, 0.3) is 0 Å². The molecule has 2 nitrogen and oxygen atoms in total. The fraction of sp³-hybridized carbons (Fsp3) is 0.562. The lowest BCUT2D eigenvalue weighted by molar-refractivity contribution is 0.0974. The van der Waals surface area contributed by atoms with Crippen molar-refractivity contribution in [3.05, 3.63) is 35.9 Å². The highest BCUT2D eigenvalue weighted by atomic mass is 16.1. The van der Waals surface area contributed by atoms with Crippen LogP contribution < -0.4 is 0 Å². The van der Waals surface area contributed by atoms with Gasteiger partial charge in [0.1, 0.15) is 0 Å². The Hall–Kier alpha value is -1.15. The van der Waals surface area contributed by atoms with Gasteiger partial charge in [0.25, 0.3) is 0 Å². The second-order valence-corrected chi connectivity index (χ2v) is 5.16.